The van der Waals surface area contributed by atoms with Crippen LogP contribution in [0.25, 0.3) is 32.3 Å². The van der Waals surface area contributed by atoms with Gasteiger partial charge in [-0.2, -0.15) is 0 Å². The van der Waals surface area contributed by atoms with Crippen LogP contribution in [0.1, 0.15) is 37.6 Å². The minimum Gasteiger partial charge on any atom is -0.438 e. The average molecular weight is 470 g/mol. The van der Waals surface area contributed by atoms with Crippen LogP contribution in [0.5, 0.6) is 0 Å². The topological polar surface area (TPSA) is 36.4 Å². The van der Waals surface area contributed by atoms with E-state index in [-0.39, 0.29) is 11.7 Å². The molecular formula is C28H29N4OS+. The second-order valence-electron chi connectivity index (χ2n) is 9.75. The quantitative estimate of drug-likeness (QED) is 0.282. The molecule has 0 fully saturated rings. The van der Waals surface area contributed by atoms with E-state index in [0.29, 0.717) is 5.71 Å². The summed E-state index contributed by atoms with van der Waals surface area (Å²) in [4.78, 5) is 9.49. The number of pyridine rings is 1. The standard InChI is InChI=1S/C28H29N4OS/c1-17-11-14-22-24(20-13-12-18(2)29-26(20)33-22)25(17)28(4,5)32-16-15-31(19(32)3)27-30(6)21-9-7-8-10-23(21)34-27/h7-16,19H,1-6H3/q+1/t19-/m1/s1. The molecule has 3 aromatic heterocycles. The van der Waals surface area contributed by atoms with Crippen LogP contribution < -0.4 is 9.47 Å². The number of hydrogen-bond donors (Lipinski definition) is 0. The number of rotatable bonds is 3. The van der Waals surface area contributed by atoms with Crippen LogP contribution >= 0.6 is 11.3 Å². The Hall–Kier alpha value is -3.38. The van der Waals surface area contributed by atoms with Crippen molar-refractivity contribution in [2.45, 2.75) is 46.3 Å². The number of aromatic nitrogens is 2. The van der Waals surface area contributed by atoms with Crippen molar-refractivity contribution in [2.75, 3.05) is 4.90 Å². The lowest BCUT2D eigenvalue weighted by atomic mass is 9.85. The summed E-state index contributed by atoms with van der Waals surface area (Å²) in [5, 5.41) is 3.47. The maximum atomic E-state index is 6.19. The molecule has 0 saturated carbocycles. The minimum atomic E-state index is -0.273. The molecule has 0 unspecified atom stereocenters. The highest BCUT2D eigenvalue weighted by Crippen LogP contribution is 2.43. The summed E-state index contributed by atoms with van der Waals surface area (Å²) in [5.74, 6) is 0. The van der Waals surface area contributed by atoms with Gasteiger partial charge in [0.1, 0.15) is 17.3 Å². The van der Waals surface area contributed by atoms with Crippen molar-refractivity contribution in [3.63, 3.8) is 0 Å². The van der Waals surface area contributed by atoms with Crippen LogP contribution in [-0.4, -0.2) is 16.0 Å². The summed E-state index contributed by atoms with van der Waals surface area (Å²) in [6.07, 6.45) is 4.60. The zero-order valence-corrected chi connectivity index (χ0v) is 21.3. The van der Waals surface area contributed by atoms with Crippen LogP contribution in [0.2, 0.25) is 0 Å². The summed E-state index contributed by atoms with van der Waals surface area (Å²) in [6, 6.07) is 17.1. The first-order chi connectivity index (χ1) is 16.3. The average Bonchev–Trinajstić information content (AvgIpc) is 3.46. The van der Waals surface area contributed by atoms with E-state index in [4.69, 9.17) is 4.42 Å². The molecule has 6 heteroatoms. The summed E-state index contributed by atoms with van der Waals surface area (Å²) < 4.78 is 9.78. The fraction of sp³-hybridized carbons (Fsp3) is 0.286. The van der Waals surface area contributed by atoms with Crippen molar-refractivity contribution in [1.29, 1.82) is 0 Å². The van der Waals surface area contributed by atoms with E-state index in [1.54, 1.807) is 0 Å². The van der Waals surface area contributed by atoms with Crippen LogP contribution in [0.3, 0.4) is 0 Å². The van der Waals surface area contributed by atoms with Crippen molar-refractivity contribution in [2.24, 2.45) is 7.05 Å². The number of thiazole rings is 1. The third-order valence-corrected chi connectivity index (χ3v) is 8.47. The molecule has 34 heavy (non-hydrogen) atoms. The Balaban J connectivity index is 1.47. The number of hydrogen-bond acceptors (Lipinski definition) is 5. The van der Waals surface area contributed by atoms with Gasteiger partial charge >= 0.3 is 5.13 Å². The van der Waals surface area contributed by atoms with Gasteiger partial charge < -0.3 is 9.32 Å². The first kappa shape index (κ1) is 21.2. The molecule has 172 valence electrons. The lowest BCUT2D eigenvalue weighted by Gasteiger charge is -2.40. The summed E-state index contributed by atoms with van der Waals surface area (Å²) in [6.45, 7) is 11.1. The molecule has 0 amide bonds. The molecule has 0 spiro atoms. The van der Waals surface area contributed by atoms with E-state index in [1.165, 1.54) is 31.9 Å². The Labute approximate surface area is 203 Å². The van der Waals surface area contributed by atoms with E-state index < -0.39 is 0 Å². The largest absolute Gasteiger partial charge is 0.438 e. The number of para-hydroxylation sites is 1. The van der Waals surface area contributed by atoms with Gasteiger partial charge in [0, 0.05) is 22.7 Å². The Morgan fingerprint density at radius 2 is 1.82 bits per heavy atom. The second kappa shape index (κ2) is 7.31. The Bertz CT molecular complexity index is 1610. The molecule has 4 heterocycles. The Morgan fingerprint density at radius 3 is 2.62 bits per heavy atom. The summed E-state index contributed by atoms with van der Waals surface area (Å²) in [7, 11) is 2.15. The smallest absolute Gasteiger partial charge is 0.343 e. The van der Waals surface area contributed by atoms with Crippen molar-refractivity contribution in [3.8, 4) is 0 Å². The highest BCUT2D eigenvalue weighted by molar-refractivity contribution is 7.21. The van der Waals surface area contributed by atoms with Crippen molar-refractivity contribution < 1.29 is 8.98 Å². The molecule has 0 radical (unpaired) electrons. The maximum Gasteiger partial charge on any atom is 0.343 e. The predicted octanol–water partition coefficient (Wildman–Crippen LogP) is 6.51. The van der Waals surface area contributed by atoms with Crippen molar-refractivity contribution >= 4 is 48.8 Å². The molecule has 5 nitrogen and oxygen atoms in total. The molecule has 1 atom stereocenters. The monoisotopic (exact) mass is 469 g/mol. The van der Waals surface area contributed by atoms with Crippen LogP contribution in [-0.2, 0) is 12.6 Å². The fourth-order valence-corrected chi connectivity index (χ4v) is 6.79. The van der Waals surface area contributed by atoms with Crippen LogP contribution in [0.4, 0.5) is 5.13 Å². The maximum absolute atomic E-state index is 6.19. The number of nitrogens with zero attached hydrogens (tertiary/aromatic N) is 4. The van der Waals surface area contributed by atoms with Gasteiger partial charge in [0.15, 0.2) is 6.17 Å². The second-order valence-corrected chi connectivity index (χ2v) is 10.8. The van der Waals surface area contributed by atoms with Gasteiger partial charge in [-0.1, -0.05) is 18.2 Å². The molecule has 0 N–H and O–H groups in total. The Kier molecular flexibility index (Phi) is 4.55. The SMILES string of the molecule is Cc1ccc2c(n1)oc1ccc(C)c(C(C)(C)N3C=CN(c4sc5ccccc5[n+]4C)[C@H]3C)c12. The highest BCUT2D eigenvalue weighted by atomic mass is 32.1. The van der Waals surface area contributed by atoms with Gasteiger partial charge in [0.25, 0.3) is 0 Å². The number of anilines is 1. The molecule has 0 saturated heterocycles. The third-order valence-electron chi connectivity index (χ3n) is 7.24. The molecular weight excluding hydrogens is 440 g/mol. The number of benzene rings is 2. The van der Waals surface area contributed by atoms with Gasteiger partial charge in [-0.15, -0.1) is 0 Å². The highest BCUT2D eigenvalue weighted by Gasteiger charge is 2.42. The first-order valence-electron chi connectivity index (χ1n) is 11.7. The van der Waals surface area contributed by atoms with Gasteiger partial charge in [0.2, 0.25) is 5.71 Å². The van der Waals surface area contributed by atoms with Gasteiger partial charge in [-0.25, -0.2) is 14.5 Å². The van der Waals surface area contributed by atoms with Crippen LogP contribution in [0.15, 0.2) is 65.3 Å². The third kappa shape index (κ3) is 2.91. The van der Waals surface area contributed by atoms with E-state index in [1.807, 2.05) is 18.3 Å². The number of fused-ring (bicyclic) bond motifs is 4. The zero-order valence-electron chi connectivity index (χ0n) is 20.5. The Morgan fingerprint density at radius 1 is 1.03 bits per heavy atom. The molecule has 5 aromatic rings. The molecule has 6 rings (SSSR count). The lowest BCUT2D eigenvalue weighted by Crippen LogP contribution is -2.48. The van der Waals surface area contributed by atoms with Gasteiger partial charge in [-0.3, -0.25) is 0 Å². The number of aryl methyl sites for hydroxylation is 3. The first-order valence-corrected chi connectivity index (χ1v) is 12.5. The van der Waals surface area contributed by atoms with E-state index in [0.717, 1.165) is 16.7 Å². The summed E-state index contributed by atoms with van der Waals surface area (Å²) in [5.41, 5.74) is 6.10. The fourth-order valence-electron chi connectivity index (χ4n) is 5.58. The number of furan rings is 1. The lowest BCUT2D eigenvalue weighted by molar-refractivity contribution is -0.628. The van der Waals surface area contributed by atoms with Crippen molar-refractivity contribution in [1.82, 2.24) is 9.88 Å². The summed E-state index contributed by atoms with van der Waals surface area (Å²) >= 11 is 1.83. The van der Waals surface area contributed by atoms with E-state index >= 15 is 0 Å². The minimum absolute atomic E-state index is 0.155. The normalized spacial score (nSPS) is 16.6. The zero-order chi connectivity index (χ0) is 23.8. The molecule has 0 bridgehead atoms. The molecule has 1 aliphatic rings. The van der Waals surface area contributed by atoms with Crippen LogP contribution in [0, 0.1) is 13.8 Å². The van der Waals surface area contributed by atoms with E-state index in [9.17, 15) is 0 Å². The van der Waals surface area contributed by atoms with Gasteiger partial charge in [0.05, 0.1) is 17.3 Å². The molecule has 2 aromatic carbocycles. The predicted molar refractivity (Wildman–Crippen MR) is 140 cm³/mol. The molecule has 0 aliphatic carbocycles. The van der Waals surface area contributed by atoms with Crippen molar-refractivity contribution in [3.05, 3.63) is 77.8 Å². The molecule has 1 aliphatic heterocycles. The van der Waals surface area contributed by atoms with Gasteiger partial charge in [-0.05, 0) is 87.4 Å². The van der Waals surface area contributed by atoms with E-state index in [2.05, 4.69) is 115 Å².